The molecule has 0 amide bonds. The second-order valence-corrected chi connectivity index (χ2v) is 8.09. The second kappa shape index (κ2) is 7.13. The fourth-order valence-corrected chi connectivity index (χ4v) is 4.13. The lowest BCUT2D eigenvalue weighted by Gasteiger charge is -2.27. The Bertz CT molecular complexity index is 821. The predicted molar refractivity (Wildman–Crippen MR) is 95.1 cm³/mol. The van der Waals surface area contributed by atoms with Crippen molar-refractivity contribution in [2.45, 2.75) is 24.3 Å². The van der Waals surface area contributed by atoms with E-state index < -0.39 is 10.0 Å². The van der Waals surface area contributed by atoms with Gasteiger partial charge in [0.25, 0.3) is 0 Å². The third-order valence-electron chi connectivity index (χ3n) is 3.70. The summed E-state index contributed by atoms with van der Waals surface area (Å²) in [6.45, 7) is 2.74. The molecule has 1 heterocycles. The van der Waals surface area contributed by atoms with E-state index in [4.69, 9.17) is 9.47 Å². The smallest absolute Gasteiger partial charge is 0.240 e. The maximum atomic E-state index is 12.5. The summed E-state index contributed by atoms with van der Waals surface area (Å²) in [6, 6.07) is 11.9. The van der Waals surface area contributed by atoms with Gasteiger partial charge < -0.3 is 9.47 Å². The Morgan fingerprint density at radius 2 is 2.00 bits per heavy atom. The minimum atomic E-state index is -3.58. The fraction of sp³-hybridized carbons (Fsp3) is 0.294. The maximum Gasteiger partial charge on any atom is 0.240 e. The van der Waals surface area contributed by atoms with Crippen molar-refractivity contribution in [3.63, 3.8) is 0 Å². The molecule has 2 aromatic carbocycles. The maximum absolute atomic E-state index is 12.5. The zero-order valence-electron chi connectivity index (χ0n) is 13.2. The van der Waals surface area contributed by atoms with Gasteiger partial charge in [-0.2, -0.15) is 0 Å². The molecule has 128 valence electrons. The lowest BCUT2D eigenvalue weighted by Crippen LogP contribution is -2.42. The molecule has 1 N–H and O–H groups in total. The Morgan fingerprint density at radius 1 is 1.25 bits per heavy atom. The van der Waals surface area contributed by atoms with Crippen LogP contribution in [0.15, 0.2) is 51.8 Å². The van der Waals surface area contributed by atoms with E-state index in [0.29, 0.717) is 24.5 Å². The summed E-state index contributed by atoms with van der Waals surface area (Å²) in [4.78, 5) is 0.236. The summed E-state index contributed by atoms with van der Waals surface area (Å²) >= 11 is 3.30. The fourth-order valence-electron chi connectivity index (χ4n) is 2.64. The highest BCUT2D eigenvalue weighted by Crippen LogP contribution is 2.35. The van der Waals surface area contributed by atoms with Gasteiger partial charge in [-0.05, 0) is 49.2 Å². The molecule has 3 rings (SSSR count). The molecule has 7 heteroatoms. The van der Waals surface area contributed by atoms with Crippen LogP contribution in [-0.2, 0) is 16.4 Å². The first-order valence-electron chi connectivity index (χ1n) is 7.65. The molecule has 24 heavy (non-hydrogen) atoms. The van der Waals surface area contributed by atoms with Crippen LogP contribution in [0.4, 0.5) is 0 Å². The molecule has 5 nitrogen and oxygen atoms in total. The van der Waals surface area contributed by atoms with Crippen molar-refractivity contribution in [2.24, 2.45) is 0 Å². The Balaban J connectivity index is 1.76. The van der Waals surface area contributed by atoms with E-state index in [1.165, 1.54) is 0 Å². The number of nitrogens with one attached hydrogen (secondary N) is 1. The summed E-state index contributed by atoms with van der Waals surface area (Å²) in [7, 11) is -3.58. The summed E-state index contributed by atoms with van der Waals surface area (Å²) in [5.74, 6) is 1.41. The van der Waals surface area contributed by atoms with Crippen LogP contribution in [0, 0.1) is 0 Å². The van der Waals surface area contributed by atoms with Crippen molar-refractivity contribution < 1.29 is 17.9 Å². The number of hydrogen-bond acceptors (Lipinski definition) is 4. The monoisotopic (exact) mass is 411 g/mol. The lowest BCUT2D eigenvalue weighted by molar-refractivity contribution is 0.233. The standard InChI is InChI=1S/C17H18BrNO4S/c1-2-22-16-5-3-4-12-10-14(11-23-17(12)16)19-24(20,21)15-8-6-13(18)7-9-15/h3-9,14,19H,2,10-11H2,1H3/t14-/m0/s1. The van der Waals surface area contributed by atoms with Gasteiger partial charge in [0.2, 0.25) is 10.0 Å². The van der Waals surface area contributed by atoms with Crippen molar-refractivity contribution in [1.29, 1.82) is 0 Å². The van der Waals surface area contributed by atoms with E-state index in [1.807, 2.05) is 25.1 Å². The number of rotatable bonds is 5. The number of fused-ring (bicyclic) bond motifs is 1. The highest BCUT2D eigenvalue weighted by Gasteiger charge is 2.27. The van der Waals surface area contributed by atoms with Crippen LogP contribution in [0.25, 0.3) is 0 Å². The molecular weight excluding hydrogens is 394 g/mol. The van der Waals surface area contributed by atoms with Crippen LogP contribution in [0.2, 0.25) is 0 Å². The Kier molecular flexibility index (Phi) is 5.12. The van der Waals surface area contributed by atoms with Crippen LogP contribution in [-0.4, -0.2) is 27.7 Å². The van der Waals surface area contributed by atoms with Crippen LogP contribution in [0.3, 0.4) is 0 Å². The van der Waals surface area contributed by atoms with Crippen LogP contribution >= 0.6 is 15.9 Å². The van der Waals surface area contributed by atoms with Crippen molar-refractivity contribution in [2.75, 3.05) is 13.2 Å². The minimum absolute atomic E-state index is 0.236. The van der Waals surface area contributed by atoms with Gasteiger partial charge in [0, 0.05) is 4.47 Å². The van der Waals surface area contributed by atoms with E-state index in [2.05, 4.69) is 20.7 Å². The SMILES string of the molecule is CCOc1cccc2c1OC[C@@H](NS(=O)(=O)c1ccc(Br)cc1)C2. The Hall–Kier alpha value is -1.57. The molecule has 1 aliphatic heterocycles. The van der Waals surface area contributed by atoms with E-state index in [-0.39, 0.29) is 17.5 Å². The van der Waals surface area contributed by atoms with Crippen molar-refractivity contribution in [1.82, 2.24) is 4.72 Å². The van der Waals surface area contributed by atoms with E-state index in [1.54, 1.807) is 24.3 Å². The third kappa shape index (κ3) is 3.74. The molecule has 0 bridgehead atoms. The van der Waals surface area contributed by atoms with Gasteiger partial charge in [-0.1, -0.05) is 28.1 Å². The number of para-hydroxylation sites is 1. The van der Waals surface area contributed by atoms with Gasteiger partial charge in [-0.25, -0.2) is 13.1 Å². The van der Waals surface area contributed by atoms with Crippen molar-refractivity contribution in [3.05, 3.63) is 52.5 Å². The van der Waals surface area contributed by atoms with Gasteiger partial charge in [0.1, 0.15) is 6.61 Å². The summed E-state index contributed by atoms with van der Waals surface area (Å²) in [6.07, 6.45) is 0.562. The first-order valence-corrected chi connectivity index (χ1v) is 9.92. The van der Waals surface area contributed by atoms with Crippen molar-refractivity contribution in [3.8, 4) is 11.5 Å². The van der Waals surface area contributed by atoms with Crippen molar-refractivity contribution >= 4 is 26.0 Å². The molecule has 1 aliphatic rings. The first kappa shape index (κ1) is 17.3. The lowest BCUT2D eigenvalue weighted by atomic mass is 10.0. The van der Waals surface area contributed by atoms with Gasteiger partial charge >= 0.3 is 0 Å². The van der Waals surface area contributed by atoms with Gasteiger partial charge in [-0.15, -0.1) is 0 Å². The topological polar surface area (TPSA) is 64.6 Å². The highest BCUT2D eigenvalue weighted by atomic mass is 79.9. The molecule has 0 saturated carbocycles. The largest absolute Gasteiger partial charge is 0.490 e. The minimum Gasteiger partial charge on any atom is -0.490 e. The van der Waals surface area contributed by atoms with E-state index in [0.717, 1.165) is 10.0 Å². The number of sulfonamides is 1. The number of halogens is 1. The molecule has 0 aromatic heterocycles. The highest BCUT2D eigenvalue weighted by molar-refractivity contribution is 9.10. The normalized spacial score (nSPS) is 17.0. The second-order valence-electron chi connectivity index (χ2n) is 5.46. The van der Waals surface area contributed by atoms with Crippen LogP contribution in [0.5, 0.6) is 11.5 Å². The average molecular weight is 412 g/mol. The molecule has 2 aromatic rings. The van der Waals surface area contributed by atoms with E-state index in [9.17, 15) is 8.42 Å². The molecule has 0 spiro atoms. The number of benzene rings is 2. The number of ether oxygens (including phenoxy) is 2. The average Bonchev–Trinajstić information content (AvgIpc) is 2.55. The zero-order valence-corrected chi connectivity index (χ0v) is 15.6. The van der Waals surface area contributed by atoms with Crippen LogP contribution in [0.1, 0.15) is 12.5 Å². The molecule has 1 atom stereocenters. The number of hydrogen-bond donors (Lipinski definition) is 1. The first-order chi connectivity index (χ1) is 11.5. The quantitative estimate of drug-likeness (QED) is 0.820. The van der Waals surface area contributed by atoms with Gasteiger partial charge in [-0.3, -0.25) is 0 Å². The molecule has 0 fully saturated rings. The zero-order chi connectivity index (χ0) is 17.2. The van der Waals surface area contributed by atoms with Gasteiger partial charge in [0.05, 0.1) is 17.5 Å². The molecule has 0 saturated heterocycles. The third-order valence-corrected chi connectivity index (χ3v) is 5.77. The van der Waals surface area contributed by atoms with E-state index >= 15 is 0 Å². The summed E-state index contributed by atoms with van der Waals surface area (Å²) in [5, 5.41) is 0. The molecule has 0 unspecified atom stereocenters. The molecular formula is C17H18BrNO4S. The molecule has 0 radical (unpaired) electrons. The van der Waals surface area contributed by atoms with Crippen LogP contribution < -0.4 is 14.2 Å². The molecule has 0 aliphatic carbocycles. The summed E-state index contributed by atoms with van der Waals surface area (Å²) in [5.41, 5.74) is 0.940. The summed E-state index contributed by atoms with van der Waals surface area (Å²) < 4.78 is 39.8. The predicted octanol–water partition coefficient (Wildman–Crippen LogP) is 3.13. The van der Waals surface area contributed by atoms with Gasteiger partial charge in [0.15, 0.2) is 11.5 Å². The Labute approximate surface area is 150 Å². The Morgan fingerprint density at radius 3 is 2.71 bits per heavy atom.